The number of hydrogen-bond donors (Lipinski definition) is 2. The van der Waals surface area contributed by atoms with E-state index in [-0.39, 0.29) is 11.8 Å². The molecule has 0 aromatic carbocycles. The van der Waals surface area contributed by atoms with Crippen molar-refractivity contribution < 1.29 is 9.45 Å². The van der Waals surface area contributed by atoms with Crippen LogP contribution in [0.1, 0.15) is 0 Å². The monoisotopic (exact) mass is 139 g/mol. The van der Waals surface area contributed by atoms with Crippen LogP contribution in [-0.4, -0.2) is 34.0 Å². The van der Waals surface area contributed by atoms with Gasteiger partial charge in [-0.2, -0.15) is 0 Å². The number of guanidine groups is 1. The molecule has 0 aliphatic rings. The molecular formula is C3H7B2N3O2. The van der Waals surface area contributed by atoms with Crippen molar-refractivity contribution in [3.8, 4) is 0 Å². The van der Waals surface area contributed by atoms with Crippen molar-refractivity contribution in [2.75, 3.05) is 7.11 Å². The number of hydrogen-bond acceptors (Lipinski definition) is 3. The first-order valence-electron chi connectivity index (χ1n) is 2.58. The van der Waals surface area contributed by atoms with E-state index < -0.39 is 0 Å². The van der Waals surface area contributed by atoms with Crippen molar-refractivity contribution in [3.05, 3.63) is 0 Å². The zero-order chi connectivity index (χ0) is 7.98. The molecule has 0 heterocycles. The molecule has 0 aliphatic heterocycles. The Morgan fingerprint density at radius 2 is 2.50 bits per heavy atom. The van der Waals surface area contributed by atoms with Crippen molar-refractivity contribution in [1.29, 1.82) is 5.41 Å². The SMILES string of the molecule is BC(=O)NC(=N)/N=B\OC. The van der Waals surface area contributed by atoms with Gasteiger partial charge in [-0.1, -0.05) is 0 Å². The fourth-order valence-corrected chi connectivity index (χ4v) is 0.304. The van der Waals surface area contributed by atoms with E-state index in [0.717, 1.165) is 7.27 Å². The van der Waals surface area contributed by atoms with E-state index in [1.165, 1.54) is 15.0 Å². The van der Waals surface area contributed by atoms with E-state index in [4.69, 9.17) is 5.41 Å². The van der Waals surface area contributed by atoms with Crippen molar-refractivity contribution in [2.45, 2.75) is 0 Å². The number of nitrogens with zero attached hydrogens (tertiary/aromatic N) is 1. The zero-order valence-corrected chi connectivity index (χ0v) is 5.84. The second-order valence-electron chi connectivity index (χ2n) is 1.50. The quantitative estimate of drug-likeness (QED) is 0.269. The predicted octanol–water partition coefficient (Wildman–Crippen LogP) is -1.29. The van der Waals surface area contributed by atoms with Crippen LogP contribution in [0.4, 0.5) is 4.79 Å². The number of carbonyl (C=O) groups excluding carboxylic acids is 1. The molecule has 0 saturated carbocycles. The van der Waals surface area contributed by atoms with Gasteiger partial charge in [0, 0.05) is 0 Å². The van der Waals surface area contributed by atoms with Crippen LogP contribution in [0, 0.1) is 5.41 Å². The standard InChI is InChI=1S/C3H7B2N3O2/c1-10-5-8-3(6)7-2(4)9/h4H2,1H3,(H2,6,7,9). The Kier molecular flexibility index (Phi) is 4.19. The maximum absolute atomic E-state index is 10.3. The molecule has 0 atom stereocenters. The Hall–Kier alpha value is -1.13. The predicted molar refractivity (Wildman–Crippen MR) is 40.0 cm³/mol. The normalized spacial score (nSPS) is 8.50. The summed E-state index contributed by atoms with van der Waals surface area (Å²) in [6.07, 6.45) is 0. The number of nitrogens with one attached hydrogen (secondary N) is 2. The molecule has 5 nitrogen and oxygen atoms in total. The Morgan fingerprint density at radius 3 is 2.90 bits per heavy atom. The first kappa shape index (κ1) is 8.87. The van der Waals surface area contributed by atoms with Gasteiger partial charge in [0.05, 0.1) is 0 Å². The second kappa shape index (κ2) is 4.72. The Bertz CT molecular complexity index is 169. The van der Waals surface area contributed by atoms with Crippen LogP contribution >= 0.6 is 0 Å². The molecule has 0 radical (unpaired) electrons. The summed E-state index contributed by atoms with van der Waals surface area (Å²) in [4.78, 5) is 13.6. The molecule has 0 rings (SSSR count). The summed E-state index contributed by atoms with van der Waals surface area (Å²) in [6.45, 7) is 0. The fraction of sp³-hybridized carbons (Fsp3) is 0.333. The molecular weight excluding hydrogens is 132 g/mol. The zero-order valence-electron chi connectivity index (χ0n) is 5.84. The molecule has 0 aromatic rings. The summed E-state index contributed by atoms with van der Waals surface area (Å²) in [5.41, 5.74) is 0. The van der Waals surface area contributed by atoms with Gasteiger partial charge in [0.15, 0.2) is 0 Å². The topological polar surface area (TPSA) is 74.5 Å². The summed E-state index contributed by atoms with van der Waals surface area (Å²) in [7, 11) is 3.78. The van der Waals surface area contributed by atoms with Gasteiger partial charge in [0.2, 0.25) is 0 Å². The van der Waals surface area contributed by atoms with Crippen LogP contribution in [0.2, 0.25) is 0 Å². The number of amides is 1. The summed E-state index contributed by atoms with van der Waals surface area (Å²) in [5.74, 6) is -0.549. The van der Waals surface area contributed by atoms with Crippen molar-refractivity contribution in [2.24, 2.45) is 4.90 Å². The van der Waals surface area contributed by atoms with Gasteiger partial charge in [-0.3, -0.25) is 0 Å². The fourth-order valence-electron chi connectivity index (χ4n) is 0.304. The minimum absolute atomic E-state index is 0.227. The third kappa shape index (κ3) is 5.02. The molecule has 7 heteroatoms. The summed E-state index contributed by atoms with van der Waals surface area (Å²) >= 11 is 0. The van der Waals surface area contributed by atoms with Crippen LogP contribution in [-0.2, 0) is 4.65 Å². The van der Waals surface area contributed by atoms with E-state index in [1.54, 1.807) is 0 Å². The Labute approximate surface area is 60.1 Å². The van der Waals surface area contributed by atoms with Gasteiger partial charge in [-0.25, -0.2) is 0 Å². The number of carbonyl (C=O) groups is 1. The van der Waals surface area contributed by atoms with Crippen LogP contribution in [0.15, 0.2) is 4.90 Å². The van der Waals surface area contributed by atoms with Crippen LogP contribution in [0.5, 0.6) is 0 Å². The van der Waals surface area contributed by atoms with E-state index in [1.807, 2.05) is 0 Å². The molecule has 0 saturated heterocycles. The molecule has 0 aromatic heterocycles. The Morgan fingerprint density at radius 1 is 1.90 bits per heavy atom. The average Bonchev–Trinajstić information content (AvgIpc) is 1.82. The van der Waals surface area contributed by atoms with Gasteiger partial charge < -0.3 is 0 Å². The van der Waals surface area contributed by atoms with Gasteiger partial charge in [0.1, 0.15) is 0 Å². The Balaban J connectivity index is 3.64. The third-order valence-corrected chi connectivity index (χ3v) is 0.582. The summed E-state index contributed by atoms with van der Waals surface area (Å²) < 4.78 is 4.41. The van der Waals surface area contributed by atoms with Crippen molar-refractivity contribution >= 4 is 26.9 Å². The van der Waals surface area contributed by atoms with Crippen molar-refractivity contribution in [3.63, 3.8) is 0 Å². The van der Waals surface area contributed by atoms with Crippen LogP contribution in [0.25, 0.3) is 0 Å². The molecule has 0 fully saturated rings. The van der Waals surface area contributed by atoms with Gasteiger partial charge in [-0.15, -0.1) is 0 Å². The molecule has 1 amide bonds. The maximum atomic E-state index is 10.3. The van der Waals surface area contributed by atoms with E-state index >= 15 is 0 Å². The molecule has 0 spiro atoms. The molecule has 2 N–H and O–H groups in total. The molecule has 10 heavy (non-hydrogen) atoms. The first-order chi connectivity index (χ1) is 4.66. The third-order valence-electron chi connectivity index (χ3n) is 0.582. The minimum atomic E-state index is -0.321. The summed E-state index contributed by atoms with van der Waals surface area (Å²) in [6, 6.07) is 0. The average molecular weight is 139 g/mol. The summed E-state index contributed by atoms with van der Waals surface area (Å²) in [5, 5.41) is 9.06. The van der Waals surface area contributed by atoms with E-state index in [2.05, 4.69) is 14.9 Å². The van der Waals surface area contributed by atoms with E-state index in [9.17, 15) is 4.79 Å². The molecule has 0 bridgehead atoms. The van der Waals surface area contributed by atoms with Gasteiger partial charge >= 0.3 is 59.1 Å². The number of rotatable bonds is 1. The van der Waals surface area contributed by atoms with Crippen LogP contribution < -0.4 is 5.32 Å². The van der Waals surface area contributed by atoms with Crippen LogP contribution in [0.3, 0.4) is 0 Å². The molecule has 0 aliphatic carbocycles. The molecule has 52 valence electrons. The van der Waals surface area contributed by atoms with E-state index in [0.29, 0.717) is 0 Å². The first-order valence-corrected chi connectivity index (χ1v) is 2.58. The molecule has 0 unspecified atom stereocenters. The second-order valence-corrected chi connectivity index (χ2v) is 1.50. The van der Waals surface area contributed by atoms with Crippen molar-refractivity contribution in [1.82, 2.24) is 5.32 Å². The van der Waals surface area contributed by atoms with Gasteiger partial charge in [0.25, 0.3) is 0 Å². The van der Waals surface area contributed by atoms with Gasteiger partial charge in [-0.05, 0) is 0 Å².